The van der Waals surface area contributed by atoms with Gasteiger partial charge in [-0.1, -0.05) is 0 Å². The zero-order valence-electron chi connectivity index (χ0n) is 14.8. The molecule has 1 aliphatic rings. The van der Waals surface area contributed by atoms with Crippen molar-refractivity contribution in [2.45, 2.75) is 31.7 Å². The Labute approximate surface area is 153 Å². The molecule has 7 heteroatoms. The quantitative estimate of drug-likeness (QED) is 0.759. The standard InChI is InChI=1S/C20H19F3N2O2/c1-20(27,10-24-7-6-16(23)19(24)26)11-25-17-4-2-12(21)8-14(17)15-9-13(22)3-5-18(15)25/h2-5,8-9,16,27H,6-7,10-11H2,1H3/t16-,20+/m1/s1. The number of aromatic nitrogens is 1. The molecule has 27 heavy (non-hydrogen) atoms. The van der Waals surface area contributed by atoms with E-state index in [2.05, 4.69) is 0 Å². The first-order valence-corrected chi connectivity index (χ1v) is 8.77. The fourth-order valence-corrected chi connectivity index (χ4v) is 3.88. The third-order valence-electron chi connectivity index (χ3n) is 5.05. The van der Waals surface area contributed by atoms with Crippen LogP contribution in [0.25, 0.3) is 21.8 Å². The topological polar surface area (TPSA) is 45.5 Å². The van der Waals surface area contributed by atoms with Gasteiger partial charge >= 0.3 is 0 Å². The Bertz CT molecular complexity index is 985. The number of aliphatic hydroxyl groups is 1. The van der Waals surface area contributed by atoms with Crippen LogP contribution in [-0.4, -0.2) is 45.3 Å². The van der Waals surface area contributed by atoms with Crippen molar-refractivity contribution in [2.75, 3.05) is 13.1 Å². The predicted molar refractivity (Wildman–Crippen MR) is 96.1 cm³/mol. The molecular weight excluding hydrogens is 357 g/mol. The van der Waals surface area contributed by atoms with E-state index < -0.39 is 29.3 Å². The Balaban J connectivity index is 1.75. The molecule has 2 atom stereocenters. The summed E-state index contributed by atoms with van der Waals surface area (Å²) in [4.78, 5) is 13.2. The Morgan fingerprint density at radius 3 is 2.11 bits per heavy atom. The van der Waals surface area contributed by atoms with Gasteiger partial charge in [-0.05, 0) is 43.3 Å². The molecule has 0 radical (unpaired) electrons. The molecule has 1 amide bonds. The molecule has 2 heterocycles. The van der Waals surface area contributed by atoms with Crippen molar-refractivity contribution in [1.82, 2.24) is 9.47 Å². The van der Waals surface area contributed by atoms with Crippen LogP contribution in [0.2, 0.25) is 0 Å². The largest absolute Gasteiger partial charge is 0.386 e. The highest BCUT2D eigenvalue weighted by molar-refractivity contribution is 6.08. The first kappa shape index (κ1) is 17.9. The normalized spacial score (nSPS) is 20.0. The second kappa shape index (κ2) is 6.27. The van der Waals surface area contributed by atoms with E-state index in [4.69, 9.17) is 0 Å². The van der Waals surface area contributed by atoms with Crippen molar-refractivity contribution in [3.63, 3.8) is 0 Å². The summed E-state index contributed by atoms with van der Waals surface area (Å²) in [6.07, 6.45) is -1.39. The smallest absolute Gasteiger partial charge is 0.257 e. The van der Waals surface area contributed by atoms with Crippen molar-refractivity contribution < 1.29 is 23.1 Å². The van der Waals surface area contributed by atoms with E-state index in [1.54, 1.807) is 23.6 Å². The van der Waals surface area contributed by atoms with E-state index in [1.807, 2.05) is 0 Å². The maximum atomic E-state index is 13.7. The van der Waals surface area contributed by atoms with Gasteiger partial charge < -0.3 is 14.6 Å². The zero-order chi connectivity index (χ0) is 19.3. The third kappa shape index (κ3) is 3.16. The molecule has 1 aromatic heterocycles. The molecule has 0 unspecified atom stereocenters. The molecule has 1 N–H and O–H groups in total. The van der Waals surface area contributed by atoms with Crippen LogP contribution in [-0.2, 0) is 11.3 Å². The molecule has 3 aromatic rings. The number of halogens is 3. The number of nitrogens with zero attached hydrogens (tertiary/aromatic N) is 2. The molecule has 4 rings (SSSR count). The maximum Gasteiger partial charge on any atom is 0.257 e. The summed E-state index contributed by atoms with van der Waals surface area (Å²) in [5.41, 5.74) is -0.0525. The van der Waals surface area contributed by atoms with E-state index in [0.717, 1.165) is 0 Å². The third-order valence-corrected chi connectivity index (χ3v) is 5.05. The van der Waals surface area contributed by atoms with Crippen molar-refractivity contribution in [3.05, 3.63) is 48.0 Å². The second-order valence-electron chi connectivity index (χ2n) is 7.42. The highest BCUT2D eigenvalue weighted by Gasteiger charge is 2.36. The molecule has 2 aromatic carbocycles. The van der Waals surface area contributed by atoms with Crippen molar-refractivity contribution in [3.8, 4) is 0 Å². The van der Waals surface area contributed by atoms with Gasteiger partial charge in [0.05, 0.1) is 18.7 Å². The molecule has 0 spiro atoms. The summed E-state index contributed by atoms with van der Waals surface area (Å²) in [5, 5.41) is 12.0. The average molecular weight is 376 g/mol. The zero-order valence-corrected chi connectivity index (χ0v) is 14.8. The lowest BCUT2D eigenvalue weighted by molar-refractivity contribution is -0.134. The number of likely N-dealkylation sites (tertiary alicyclic amines) is 1. The minimum atomic E-state index is -1.51. The summed E-state index contributed by atoms with van der Waals surface area (Å²) in [7, 11) is 0. The Kier molecular flexibility index (Phi) is 4.14. The van der Waals surface area contributed by atoms with Crippen molar-refractivity contribution in [2.24, 2.45) is 0 Å². The van der Waals surface area contributed by atoms with Gasteiger partial charge in [0, 0.05) is 34.8 Å². The Morgan fingerprint density at radius 1 is 1.07 bits per heavy atom. The van der Waals surface area contributed by atoms with Gasteiger partial charge in [-0.2, -0.15) is 0 Å². The molecule has 0 saturated carbocycles. The Morgan fingerprint density at radius 2 is 1.63 bits per heavy atom. The van der Waals surface area contributed by atoms with Crippen LogP contribution in [0.5, 0.6) is 0 Å². The first-order valence-electron chi connectivity index (χ1n) is 8.77. The highest BCUT2D eigenvalue weighted by atomic mass is 19.1. The maximum absolute atomic E-state index is 13.7. The monoisotopic (exact) mass is 376 g/mol. The van der Waals surface area contributed by atoms with Gasteiger partial charge in [-0.3, -0.25) is 4.79 Å². The number of β-amino-alcohol motifs (C(OH)–C–C–N with tert-alkyl or cyclic N) is 1. The van der Waals surface area contributed by atoms with E-state index in [0.29, 0.717) is 21.8 Å². The summed E-state index contributed by atoms with van der Waals surface area (Å²) in [5.74, 6) is -1.48. The van der Waals surface area contributed by atoms with E-state index in [-0.39, 0.29) is 26.1 Å². The van der Waals surface area contributed by atoms with Gasteiger partial charge in [0.1, 0.15) is 11.6 Å². The molecule has 1 saturated heterocycles. The number of amides is 1. The van der Waals surface area contributed by atoms with Gasteiger partial charge in [0.15, 0.2) is 6.17 Å². The number of fused-ring (bicyclic) bond motifs is 3. The SMILES string of the molecule is C[C@](O)(CN1CC[C@@H](F)C1=O)Cn1c2ccc(F)cc2c2cc(F)ccc21. The fraction of sp³-hybridized carbons (Fsp3) is 0.350. The molecule has 142 valence electrons. The Hall–Kier alpha value is -2.54. The van der Waals surface area contributed by atoms with E-state index in [1.165, 1.54) is 29.2 Å². The summed E-state index contributed by atoms with van der Waals surface area (Å²) >= 11 is 0. The molecule has 4 nitrogen and oxygen atoms in total. The number of hydrogen-bond donors (Lipinski definition) is 1. The van der Waals surface area contributed by atoms with E-state index >= 15 is 0 Å². The lowest BCUT2D eigenvalue weighted by Crippen LogP contribution is -2.45. The van der Waals surface area contributed by atoms with E-state index in [9.17, 15) is 23.1 Å². The lowest BCUT2D eigenvalue weighted by atomic mass is 10.1. The molecule has 0 bridgehead atoms. The van der Waals surface area contributed by atoms with Crippen molar-refractivity contribution >= 4 is 27.7 Å². The van der Waals surface area contributed by atoms with Crippen LogP contribution in [0.3, 0.4) is 0 Å². The van der Waals surface area contributed by atoms with Gasteiger partial charge in [-0.15, -0.1) is 0 Å². The van der Waals surface area contributed by atoms with Crippen LogP contribution < -0.4 is 0 Å². The van der Waals surface area contributed by atoms with Crippen LogP contribution in [0.4, 0.5) is 13.2 Å². The van der Waals surface area contributed by atoms with Crippen LogP contribution in [0.1, 0.15) is 13.3 Å². The summed E-state index contributed by atoms with van der Waals surface area (Å²) in [6.45, 7) is 1.90. The molecule has 0 aliphatic carbocycles. The average Bonchev–Trinajstić information content (AvgIpc) is 3.06. The summed E-state index contributed by atoms with van der Waals surface area (Å²) < 4.78 is 42.7. The van der Waals surface area contributed by atoms with Crippen molar-refractivity contribution in [1.29, 1.82) is 0 Å². The fourth-order valence-electron chi connectivity index (χ4n) is 3.88. The number of benzene rings is 2. The van der Waals surface area contributed by atoms with Crippen LogP contribution in [0, 0.1) is 11.6 Å². The number of hydrogen-bond acceptors (Lipinski definition) is 2. The summed E-state index contributed by atoms with van der Waals surface area (Å²) in [6, 6.07) is 8.44. The second-order valence-corrected chi connectivity index (χ2v) is 7.42. The van der Waals surface area contributed by atoms with Crippen LogP contribution >= 0.6 is 0 Å². The number of rotatable bonds is 4. The molecule has 1 aliphatic heterocycles. The lowest BCUT2D eigenvalue weighted by Gasteiger charge is -2.30. The number of carbonyl (C=O) groups is 1. The van der Waals surface area contributed by atoms with Gasteiger partial charge in [-0.25, -0.2) is 13.2 Å². The minimum absolute atomic E-state index is 0.0180. The molecular formula is C20H19F3N2O2. The number of carbonyl (C=O) groups excluding carboxylic acids is 1. The number of alkyl halides is 1. The van der Waals surface area contributed by atoms with Crippen LogP contribution in [0.15, 0.2) is 36.4 Å². The predicted octanol–water partition coefficient (Wildman–Crippen LogP) is 3.39. The first-order chi connectivity index (χ1) is 12.7. The van der Waals surface area contributed by atoms with Gasteiger partial charge in [0.25, 0.3) is 5.91 Å². The highest BCUT2D eigenvalue weighted by Crippen LogP contribution is 2.32. The minimum Gasteiger partial charge on any atom is -0.386 e. The van der Waals surface area contributed by atoms with Gasteiger partial charge in [0.2, 0.25) is 0 Å². The molecule has 1 fully saturated rings.